The number of hydrogen-bond acceptors (Lipinski definition) is 7. The van der Waals surface area contributed by atoms with Crippen molar-refractivity contribution in [3.63, 3.8) is 0 Å². The number of aromatic nitrogens is 3. The maximum Gasteiger partial charge on any atom is 0.319 e. The molecule has 2 N–H and O–H groups in total. The van der Waals surface area contributed by atoms with E-state index in [2.05, 4.69) is 26.9 Å². The molecular weight excluding hydrogens is 492 g/mol. The highest BCUT2D eigenvalue weighted by atomic mass is 32.2. The van der Waals surface area contributed by atoms with Crippen molar-refractivity contribution in [2.45, 2.75) is 30.8 Å². The van der Waals surface area contributed by atoms with Crippen LogP contribution in [0.25, 0.3) is 5.69 Å². The average molecular weight is 519 g/mol. The van der Waals surface area contributed by atoms with Gasteiger partial charge in [-0.3, -0.25) is 14.7 Å². The Labute approximate surface area is 218 Å². The molecule has 10 nitrogen and oxygen atoms in total. The summed E-state index contributed by atoms with van der Waals surface area (Å²) in [6.45, 7) is 3.84. The zero-order valence-corrected chi connectivity index (χ0v) is 21.4. The predicted molar refractivity (Wildman–Crippen MR) is 142 cm³/mol. The number of thioether (sulfide) groups is 1. The first-order chi connectivity index (χ1) is 17.8. The number of anilines is 1. The van der Waals surface area contributed by atoms with Gasteiger partial charge in [-0.15, -0.1) is 10.2 Å². The van der Waals surface area contributed by atoms with Crippen LogP contribution in [0.15, 0.2) is 78.0 Å². The third kappa shape index (κ3) is 6.44. The van der Waals surface area contributed by atoms with E-state index in [4.69, 9.17) is 4.74 Å². The number of ether oxygens (including phenoxy) is 1. The number of amides is 2. The fourth-order valence-electron chi connectivity index (χ4n) is 3.67. The Morgan fingerprint density at radius 1 is 1.11 bits per heavy atom. The fourth-order valence-corrected chi connectivity index (χ4v) is 4.58. The smallest absolute Gasteiger partial charge is 0.319 e. The number of carbonyl (C=O) groups excluding carboxylic acids is 1. The minimum atomic E-state index is -0.519. The van der Waals surface area contributed by atoms with Crippen molar-refractivity contribution >= 4 is 29.2 Å². The number of carbonyl (C=O) groups is 1. The minimum Gasteiger partial charge on any atom is -0.497 e. The Balaban J connectivity index is 1.57. The second-order valence-electron chi connectivity index (χ2n) is 8.28. The topological polar surface area (TPSA) is 124 Å². The second-order valence-corrected chi connectivity index (χ2v) is 9.22. The van der Waals surface area contributed by atoms with Crippen LogP contribution < -0.4 is 15.4 Å². The molecule has 0 fully saturated rings. The van der Waals surface area contributed by atoms with E-state index in [9.17, 15) is 14.9 Å². The largest absolute Gasteiger partial charge is 0.497 e. The molecule has 1 unspecified atom stereocenters. The van der Waals surface area contributed by atoms with E-state index >= 15 is 0 Å². The fraction of sp³-hybridized carbons (Fsp3) is 0.192. The number of nitro benzene ring substituents is 1. The summed E-state index contributed by atoms with van der Waals surface area (Å²) in [7, 11) is 1.57. The molecule has 0 saturated heterocycles. The molecule has 11 heteroatoms. The third-order valence-electron chi connectivity index (χ3n) is 5.51. The highest BCUT2D eigenvalue weighted by Crippen LogP contribution is 2.29. The molecule has 2 amide bonds. The molecule has 1 atom stereocenters. The molecule has 1 aromatic heterocycles. The van der Waals surface area contributed by atoms with Crippen LogP contribution in [-0.4, -0.2) is 32.8 Å². The molecule has 0 bridgehead atoms. The van der Waals surface area contributed by atoms with Crippen molar-refractivity contribution in [3.8, 4) is 11.4 Å². The molecule has 190 valence electrons. The van der Waals surface area contributed by atoms with Crippen molar-refractivity contribution in [2.24, 2.45) is 0 Å². The monoisotopic (exact) mass is 518 g/mol. The van der Waals surface area contributed by atoms with Crippen LogP contribution in [0.1, 0.15) is 29.9 Å². The highest BCUT2D eigenvalue weighted by molar-refractivity contribution is 7.98. The van der Waals surface area contributed by atoms with E-state index in [0.29, 0.717) is 33.9 Å². The van der Waals surface area contributed by atoms with Gasteiger partial charge in [0.1, 0.15) is 5.75 Å². The van der Waals surface area contributed by atoms with Crippen LogP contribution in [0.3, 0.4) is 0 Å². The predicted octanol–water partition coefficient (Wildman–Crippen LogP) is 5.67. The van der Waals surface area contributed by atoms with Crippen LogP contribution in [-0.2, 0) is 5.75 Å². The number of rotatable bonds is 9. The van der Waals surface area contributed by atoms with Gasteiger partial charge < -0.3 is 15.4 Å². The number of methoxy groups -OCH3 is 1. The van der Waals surface area contributed by atoms with Crippen LogP contribution >= 0.6 is 11.8 Å². The summed E-state index contributed by atoms with van der Waals surface area (Å²) in [5.74, 6) is 1.84. The van der Waals surface area contributed by atoms with Crippen molar-refractivity contribution in [1.29, 1.82) is 0 Å². The first-order valence-electron chi connectivity index (χ1n) is 11.4. The van der Waals surface area contributed by atoms with Gasteiger partial charge in [-0.1, -0.05) is 41.6 Å². The van der Waals surface area contributed by atoms with E-state index in [0.717, 1.165) is 11.1 Å². The lowest BCUT2D eigenvalue weighted by molar-refractivity contribution is -0.384. The van der Waals surface area contributed by atoms with E-state index in [1.165, 1.54) is 23.9 Å². The SMILES string of the molecule is COc1ccc(NC(=O)NC(C)c2nnc(SCc3cccc(C)c3)n2-c2ccc([N+](=O)[O-])cc2)cc1. The van der Waals surface area contributed by atoms with Crippen molar-refractivity contribution < 1.29 is 14.5 Å². The Morgan fingerprint density at radius 3 is 2.49 bits per heavy atom. The molecular formula is C26H26N6O4S. The van der Waals surface area contributed by atoms with Gasteiger partial charge in [0.2, 0.25) is 0 Å². The standard InChI is InChI=1S/C26H26N6O4S/c1-17-5-4-6-19(15-17)16-37-26-30-29-24(31(26)21-9-11-22(12-10-21)32(34)35)18(2)27-25(33)28-20-7-13-23(36-3)14-8-20/h4-15,18H,16H2,1-3H3,(H2,27,28,33). The van der Waals surface area contributed by atoms with Gasteiger partial charge in [-0.05, 0) is 55.8 Å². The van der Waals surface area contributed by atoms with Gasteiger partial charge in [-0.25, -0.2) is 4.79 Å². The van der Waals surface area contributed by atoms with E-state index < -0.39 is 17.0 Å². The maximum absolute atomic E-state index is 12.7. The van der Waals surface area contributed by atoms with E-state index in [1.54, 1.807) is 50.4 Å². The zero-order chi connectivity index (χ0) is 26.4. The lowest BCUT2D eigenvalue weighted by atomic mass is 10.2. The number of nitro groups is 1. The summed E-state index contributed by atoms with van der Waals surface area (Å²) < 4.78 is 6.95. The molecule has 0 spiro atoms. The molecule has 37 heavy (non-hydrogen) atoms. The molecule has 0 radical (unpaired) electrons. The number of hydrogen-bond donors (Lipinski definition) is 2. The minimum absolute atomic E-state index is 0.0163. The number of urea groups is 1. The van der Waals surface area contributed by atoms with Gasteiger partial charge >= 0.3 is 6.03 Å². The second kappa shape index (κ2) is 11.6. The number of nitrogens with zero attached hydrogens (tertiary/aromatic N) is 4. The molecule has 3 aromatic carbocycles. The number of benzene rings is 3. The highest BCUT2D eigenvalue weighted by Gasteiger charge is 2.22. The van der Waals surface area contributed by atoms with Crippen LogP contribution in [0, 0.1) is 17.0 Å². The summed E-state index contributed by atoms with van der Waals surface area (Å²) in [6, 6.07) is 20.4. The first kappa shape index (κ1) is 25.7. The van der Waals surface area contributed by atoms with Gasteiger partial charge in [0, 0.05) is 29.3 Å². The van der Waals surface area contributed by atoms with Gasteiger partial charge in [0.05, 0.1) is 18.1 Å². The summed E-state index contributed by atoms with van der Waals surface area (Å²) in [5, 5.41) is 26.2. The Kier molecular flexibility index (Phi) is 8.04. The normalized spacial score (nSPS) is 11.5. The van der Waals surface area contributed by atoms with Crippen molar-refractivity contribution in [2.75, 3.05) is 12.4 Å². The molecule has 0 saturated carbocycles. The molecule has 1 heterocycles. The number of aryl methyl sites for hydroxylation is 1. The van der Waals surface area contributed by atoms with Gasteiger partial charge in [-0.2, -0.15) is 0 Å². The Hall–Kier alpha value is -4.38. The van der Waals surface area contributed by atoms with Gasteiger partial charge in [0.15, 0.2) is 11.0 Å². The Morgan fingerprint density at radius 2 is 1.84 bits per heavy atom. The molecule has 0 aliphatic heterocycles. The third-order valence-corrected chi connectivity index (χ3v) is 6.51. The zero-order valence-electron chi connectivity index (χ0n) is 20.5. The first-order valence-corrected chi connectivity index (χ1v) is 12.4. The van der Waals surface area contributed by atoms with Crippen molar-refractivity contribution in [1.82, 2.24) is 20.1 Å². The number of non-ortho nitro benzene ring substituents is 1. The average Bonchev–Trinajstić information content (AvgIpc) is 3.32. The lowest BCUT2D eigenvalue weighted by Crippen LogP contribution is -2.32. The number of nitrogens with one attached hydrogen (secondary N) is 2. The summed E-state index contributed by atoms with van der Waals surface area (Å²) in [4.78, 5) is 23.4. The molecule has 0 aliphatic rings. The van der Waals surface area contributed by atoms with Gasteiger partial charge in [0.25, 0.3) is 5.69 Å². The van der Waals surface area contributed by atoms with Crippen LogP contribution in [0.5, 0.6) is 5.75 Å². The van der Waals surface area contributed by atoms with E-state index in [-0.39, 0.29) is 5.69 Å². The quantitative estimate of drug-likeness (QED) is 0.166. The van der Waals surface area contributed by atoms with Crippen LogP contribution in [0.4, 0.5) is 16.2 Å². The van der Waals surface area contributed by atoms with Crippen molar-refractivity contribution in [3.05, 3.63) is 99.9 Å². The summed E-state index contributed by atoms with van der Waals surface area (Å²) in [5.41, 5.74) is 3.54. The van der Waals surface area contributed by atoms with E-state index in [1.807, 2.05) is 29.7 Å². The Bertz CT molecular complexity index is 1390. The van der Waals surface area contributed by atoms with Crippen LogP contribution in [0.2, 0.25) is 0 Å². The maximum atomic E-state index is 12.7. The molecule has 4 aromatic rings. The lowest BCUT2D eigenvalue weighted by Gasteiger charge is -2.17. The summed E-state index contributed by atoms with van der Waals surface area (Å²) >= 11 is 1.49. The molecule has 4 rings (SSSR count). The molecule has 0 aliphatic carbocycles. The summed E-state index contributed by atoms with van der Waals surface area (Å²) in [6.07, 6.45) is 0.